The predicted octanol–water partition coefficient (Wildman–Crippen LogP) is 2.82. The zero-order valence-electron chi connectivity index (χ0n) is 12.7. The highest BCUT2D eigenvalue weighted by Gasteiger charge is 2.29. The summed E-state index contributed by atoms with van der Waals surface area (Å²) in [6.07, 6.45) is -0.541. The highest BCUT2D eigenvalue weighted by atomic mass is 19.1. The van der Waals surface area contributed by atoms with E-state index in [1.807, 2.05) is 0 Å². The van der Waals surface area contributed by atoms with Crippen LogP contribution in [-0.2, 0) is 4.79 Å². The third kappa shape index (κ3) is 2.88. The molecular formula is C17H15FN2O3. The van der Waals surface area contributed by atoms with Gasteiger partial charge in [-0.3, -0.25) is 9.59 Å². The Morgan fingerprint density at radius 3 is 2.78 bits per heavy atom. The highest BCUT2D eigenvalue weighted by molar-refractivity contribution is 6.05. The molecule has 2 aromatic rings. The van der Waals surface area contributed by atoms with Crippen LogP contribution >= 0.6 is 0 Å². The normalized spacial score (nSPS) is 16.6. The van der Waals surface area contributed by atoms with Crippen LogP contribution in [0.15, 0.2) is 42.5 Å². The summed E-state index contributed by atoms with van der Waals surface area (Å²) in [5.41, 5.74) is 1.29. The van der Waals surface area contributed by atoms with Crippen molar-refractivity contribution in [1.82, 2.24) is 0 Å². The van der Waals surface area contributed by atoms with Crippen LogP contribution in [0, 0.1) is 5.82 Å². The molecule has 0 saturated carbocycles. The van der Waals surface area contributed by atoms with Gasteiger partial charge in [0.1, 0.15) is 11.6 Å². The summed E-state index contributed by atoms with van der Waals surface area (Å²) in [6, 6.07) is 10.4. The van der Waals surface area contributed by atoms with Crippen molar-refractivity contribution in [3.05, 3.63) is 53.8 Å². The van der Waals surface area contributed by atoms with Crippen molar-refractivity contribution in [3.63, 3.8) is 0 Å². The molecule has 2 aromatic carbocycles. The van der Waals surface area contributed by atoms with Crippen LogP contribution in [0.1, 0.15) is 17.3 Å². The number of halogens is 1. The lowest BCUT2D eigenvalue weighted by Crippen LogP contribution is -2.41. The molecule has 118 valence electrons. The molecule has 0 spiro atoms. The van der Waals surface area contributed by atoms with E-state index >= 15 is 0 Å². The average molecular weight is 314 g/mol. The van der Waals surface area contributed by atoms with Crippen molar-refractivity contribution in [2.75, 3.05) is 17.3 Å². The van der Waals surface area contributed by atoms with Gasteiger partial charge in [-0.05, 0) is 43.3 Å². The van der Waals surface area contributed by atoms with Crippen LogP contribution in [0.3, 0.4) is 0 Å². The van der Waals surface area contributed by atoms with E-state index in [1.165, 1.54) is 23.1 Å². The lowest BCUT2D eigenvalue weighted by atomic mass is 10.1. The van der Waals surface area contributed by atoms with Gasteiger partial charge in [-0.1, -0.05) is 6.07 Å². The van der Waals surface area contributed by atoms with Crippen molar-refractivity contribution < 1.29 is 18.7 Å². The van der Waals surface area contributed by atoms with E-state index in [2.05, 4.69) is 5.32 Å². The molecule has 3 rings (SSSR count). The first-order chi connectivity index (χ1) is 11.0. The Hall–Kier alpha value is -2.89. The van der Waals surface area contributed by atoms with E-state index in [-0.39, 0.29) is 11.5 Å². The first kappa shape index (κ1) is 15.0. The van der Waals surface area contributed by atoms with Gasteiger partial charge in [-0.2, -0.15) is 0 Å². The average Bonchev–Trinajstić information content (AvgIpc) is 2.53. The van der Waals surface area contributed by atoms with Crippen LogP contribution in [-0.4, -0.2) is 25.0 Å². The Bertz CT molecular complexity index is 791. The van der Waals surface area contributed by atoms with E-state index in [9.17, 15) is 14.0 Å². The Balaban J connectivity index is 1.85. The van der Waals surface area contributed by atoms with Gasteiger partial charge in [-0.15, -0.1) is 0 Å². The van der Waals surface area contributed by atoms with E-state index < -0.39 is 17.8 Å². The molecule has 0 fully saturated rings. The molecular weight excluding hydrogens is 299 g/mol. The number of anilines is 2. The van der Waals surface area contributed by atoms with E-state index in [1.54, 1.807) is 32.2 Å². The van der Waals surface area contributed by atoms with Gasteiger partial charge in [-0.25, -0.2) is 4.39 Å². The van der Waals surface area contributed by atoms with Crippen LogP contribution in [0.25, 0.3) is 0 Å². The van der Waals surface area contributed by atoms with Crippen LogP contribution in [0.2, 0.25) is 0 Å². The second-order valence-electron chi connectivity index (χ2n) is 5.30. The Morgan fingerprint density at radius 1 is 1.26 bits per heavy atom. The van der Waals surface area contributed by atoms with Crippen molar-refractivity contribution >= 4 is 23.2 Å². The number of hydrogen-bond acceptors (Lipinski definition) is 3. The number of hydrogen-bond donors (Lipinski definition) is 1. The maximum Gasteiger partial charge on any atom is 0.267 e. The zero-order valence-corrected chi connectivity index (χ0v) is 12.7. The summed E-state index contributed by atoms with van der Waals surface area (Å²) in [5.74, 6) is -0.492. The molecule has 1 aliphatic rings. The van der Waals surface area contributed by atoms with Crippen molar-refractivity contribution in [2.24, 2.45) is 0 Å². The SMILES string of the molecule is CC1Oc2ccc(NC(=O)c3cccc(F)c3)cc2N(C)C1=O. The van der Waals surface area contributed by atoms with Crippen molar-refractivity contribution in [2.45, 2.75) is 13.0 Å². The standard InChI is InChI=1S/C17H15FN2O3/c1-10-17(22)20(2)14-9-13(6-7-15(14)23-10)19-16(21)11-4-3-5-12(18)8-11/h3-10H,1-2H3,(H,19,21). The van der Waals surface area contributed by atoms with Gasteiger partial charge in [0.15, 0.2) is 6.10 Å². The molecule has 1 N–H and O–H groups in total. The molecule has 0 aliphatic carbocycles. The number of nitrogens with zero attached hydrogens (tertiary/aromatic N) is 1. The first-order valence-electron chi connectivity index (χ1n) is 7.11. The summed E-state index contributed by atoms with van der Waals surface area (Å²) in [4.78, 5) is 25.6. The Kier molecular flexibility index (Phi) is 3.73. The molecule has 0 bridgehead atoms. The number of nitrogens with one attached hydrogen (secondary N) is 1. The number of likely N-dealkylation sites (N-methyl/N-ethyl adjacent to an activating group) is 1. The largest absolute Gasteiger partial charge is 0.479 e. The molecule has 0 aromatic heterocycles. The van der Waals surface area contributed by atoms with Gasteiger partial charge in [0, 0.05) is 18.3 Å². The highest BCUT2D eigenvalue weighted by Crippen LogP contribution is 2.35. The monoisotopic (exact) mass is 314 g/mol. The maximum atomic E-state index is 13.2. The summed E-state index contributed by atoms with van der Waals surface area (Å²) >= 11 is 0. The number of rotatable bonds is 2. The number of amides is 2. The molecule has 1 heterocycles. The number of carbonyl (C=O) groups is 2. The minimum atomic E-state index is -0.541. The Labute approximate surface area is 132 Å². The molecule has 6 heteroatoms. The number of benzene rings is 2. The van der Waals surface area contributed by atoms with Gasteiger partial charge in [0.25, 0.3) is 11.8 Å². The zero-order chi connectivity index (χ0) is 16.6. The van der Waals surface area contributed by atoms with Crippen molar-refractivity contribution in [1.29, 1.82) is 0 Å². The maximum absolute atomic E-state index is 13.2. The van der Waals surface area contributed by atoms with E-state index in [4.69, 9.17) is 4.74 Å². The minimum absolute atomic E-state index is 0.161. The van der Waals surface area contributed by atoms with Gasteiger partial charge < -0.3 is 15.0 Å². The minimum Gasteiger partial charge on any atom is -0.479 e. The Morgan fingerprint density at radius 2 is 2.04 bits per heavy atom. The number of ether oxygens (including phenoxy) is 1. The predicted molar refractivity (Wildman–Crippen MR) is 84.3 cm³/mol. The quantitative estimate of drug-likeness (QED) is 0.927. The first-order valence-corrected chi connectivity index (χ1v) is 7.11. The molecule has 1 atom stereocenters. The van der Waals surface area contributed by atoms with Gasteiger partial charge in [0.05, 0.1) is 5.69 Å². The fourth-order valence-electron chi connectivity index (χ4n) is 2.42. The van der Waals surface area contributed by atoms with Crippen LogP contribution in [0.5, 0.6) is 5.75 Å². The summed E-state index contributed by atoms with van der Waals surface area (Å²) in [5, 5.41) is 2.68. The van der Waals surface area contributed by atoms with Crippen molar-refractivity contribution in [3.8, 4) is 5.75 Å². The fourth-order valence-corrected chi connectivity index (χ4v) is 2.42. The molecule has 0 radical (unpaired) electrons. The molecule has 23 heavy (non-hydrogen) atoms. The smallest absolute Gasteiger partial charge is 0.267 e. The molecule has 0 saturated heterocycles. The van der Waals surface area contributed by atoms with E-state index in [0.717, 1.165) is 6.07 Å². The second kappa shape index (κ2) is 5.72. The van der Waals surface area contributed by atoms with Crippen LogP contribution < -0.4 is 15.0 Å². The summed E-state index contributed by atoms with van der Waals surface area (Å²) < 4.78 is 18.7. The third-order valence-electron chi connectivity index (χ3n) is 3.65. The molecule has 5 nitrogen and oxygen atoms in total. The van der Waals surface area contributed by atoms with Crippen LogP contribution in [0.4, 0.5) is 15.8 Å². The summed E-state index contributed by atoms with van der Waals surface area (Å²) in [7, 11) is 1.65. The second-order valence-corrected chi connectivity index (χ2v) is 5.30. The van der Waals surface area contributed by atoms with Gasteiger partial charge in [0.2, 0.25) is 0 Å². The summed E-state index contributed by atoms with van der Waals surface area (Å²) in [6.45, 7) is 1.68. The lowest BCUT2D eigenvalue weighted by molar-refractivity contribution is -0.125. The number of carbonyl (C=O) groups excluding carboxylic acids is 2. The number of fused-ring (bicyclic) bond motifs is 1. The fraction of sp³-hybridized carbons (Fsp3) is 0.176. The van der Waals surface area contributed by atoms with E-state index in [0.29, 0.717) is 17.1 Å². The molecule has 1 unspecified atom stereocenters. The lowest BCUT2D eigenvalue weighted by Gasteiger charge is -2.30. The topological polar surface area (TPSA) is 58.6 Å². The molecule has 2 amide bonds. The third-order valence-corrected chi connectivity index (χ3v) is 3.65. The van der Waals surface area contributed by atoms with Gasteiger partial charge >= 0.3 is 0 Å². The molecule has 1 aliphatic heterocycles.